The van der Waals surface area contributed by atoms with Crippen LogP contribution >= 0.6 is 0 Å². The summed E-state index contributed by atoms with van der Waals surface area (Å²) in [6.45, 7) is 6.61. The van der Waals surface area contributed by atoms with Crippen molar-refractivity contribution in [3.63, 3.8) is 0 Å². The second-order valence-electron chi connectivity index (χ2n) is 11.3. The van der Waals surface area contributed by atoms with Gasteiger partial charge in [0.05, 0.1) is 11.0 Å². The molecular formula is C28H29F6N5O. The molecule has 5 rings (SSSR count). The third kappa shape index (κ3) is 5.90. The van der Waals surface area contributed by atoms with Crippen molar-refractivity contribution in [3.8, 4) is 16.9 Å². The lowest BCUT2D eigenvalue weighted by atomic mass is 9.70. The number of hydrogen-bond acceptors (Lipinski definition) is 4. The molecule has 0 radical (unpaired) electrons. The zero-order valence-corrected chi connectivity index (χ0v) is 22.4. The van der Waals surface area contributed by atoms with Crippen LogP contribution in [0.2, 0.25) is 0 Å². The van der Waals surface area contributed by atoms with Gasteiger partial charge in [-0.15, -0.1) is 13.2 Å². The van der Waals surface area contributed by atoms with Crippen molar-refractivity contribution in [2.75, 3.05) is 5.32 Å². The number of aryl methyl sites for hydroxylation is 1. The summed E-state index contributed by atoms with van der Waals surface area (Å²) in [5, 5.41) is 6.83. The molecule has 2 aromatic heterocycles. The summed E-state index contributed by atoms with van der Waals surface area (Å²) in [5.74, 6) is 0.534. The van der Waals surface area contributed by atoms with Gasteiger partial charge < -0.3 is 14.6 Å². The Balaban J connectivity index is 1.58. The molecule has 2 unspecified atom stereocenters. The number of nitrogens with one attached hydrogen (secondary N) is 1. The van der Waals surface area contributed by atoms with Crippen LogP contribution in [-0.2, 0) is 13.2 Å². The van der Waals surface area contributed by atoms with Gasteiger partial charge in [-0.05, 0) is 72.6 Å². The van der Waals surface area contributed by atoms with Crippen molar-refractivity contribution in [2.45, 2.75) is 58.6 Å². The predicted octanol–water partition coefficient (Wildman–Crippen LogP) is 8.49. The first-order valence-corrected chi connectivity index (χ1v) is 12.8. The Morgan fingerprint density at radius 3 is 2.33 bits per heavy atom. The molecule has 1 N–H and O–H groups in total. The summed E-state index contributed by atoms with van der Waals surface area (Å²) in [7, 11) is 1.44. The van der Waals surface area contributed by atoms with Crippen LogP contribution in [-0.4, -0.2) is 25.7 Å². The van der Waals surface area contributed by atoms with E-state index in [-0.39, 0.29) is 22.8 Å². The molecule has 0 saturated heterocycles. The number of anilines is 2. The number of ether oxygens (including phenoxy) is 1. The van der Waals surface area contributed by atoms with Gasteiger partial charge in [0.25, 0.3) is 0 Å². The third-order valence-corrected chi connectivity index (χ3v) is 7.17. The maximum Gasteiger partial charge on any atom is 0.573 e. The van der Waals surface area contributed by atoms with Gasteiger partial charge in [0.15, 0.2) is 5.69 Å². The molecular weight excluding hydrogens is 536 g/mol. The Morgan fingerprint density at radius 1 is 1.00 bits per heavy atom. The van der Waals surface area contributed by atoms with E-state index in [0.717, 1.165) is 29.5 Å². The second kappa shape index (κ2) is 9.74. The summed E-state index contributed by atoms with van der Waals surface area (Å²) >= 11 is 0. The van der Waals surface area contributed by atoms with Crippen LogP contribution in [0.5, 0.6) is 5.75 Å². The Hall–Kier alpha value is -3.70. The highest BCUT2D eigenvalue weighted by molar-refractivity contribution is 5.85. The van der Waals surface area contributed by atoms with Crippen LogP contribution in [0, 0.1) is 11.3 Å². The fourth-order valence-electron chi connectivity index (χ4n) is 5.99. The smallest absolute Gasteiger partial charge is 0.406 e. The first-order chi connectivity index (χ1) is 18.6. The largest absolute Gasteiger partial charge is 0.573 e. The molecule has 2 heterocycles. The van der Waals surface area contributed by atoms with Gasteiger partial charge in [-0.1, -0.05) is 26.8 Å². The normalized spacial score (nSPS) is 19.6. The molecule has 40 heavy (non-hydrogen) atoms. The second-order valence-corrected chi connectivity index (χ2v) is 11.3. The minimum Gasteiger partial charge on any atom is -0.406 e. The molecule has 0 spiro atoms. The number of alkyl halides is 6. The number of benzene rings is 2. The van der Waals surface area contributed by atoms with Gasteiger partial charge >= 0.3 is 12.5 Å². The molecule has 0 aliphatic heterocycles. The van der Waals surface area contributed by atoms with Gasteiger partial charge in [-0.3, -0.25) is 4.68 Å². The molecule has 6 nitrogen and oxygen atoms in total. The average molecular weight is 566 g/mol. The van der Waals surface area contributed by atoms with Crippen molar-refractivity contribution in [2.24, 2.45) is 18.4 Å². The SMILES string of the molecule is CC1CC(n2c(Nc3ccc(OC(F)(F)F)cc3)nc3cc(-c4cn(C)nc4C(F)(F)F)ccc32)CC(C)(C)C1. The minimum absolute atomic E-state index is 0.0476. The zero-order chi connectivity index (χ0) is 29.0. The van der Waals surface area contributed by atoms with Crippen molar-refractivity contribution in [3.05, 3.63) is 54.4 Å². The van der Waals surface area contributed by atoms with Crippen LogP contribution in [0.4, 0.5) is 38.0 Å². The van der Waals surface area contributed by atoms with E-state index in [1.807, 2.05) is 0 Å². The fourth-order valence-corrected chi connectivity index (χ4v) is 5.99. The molecule has 4 aromatic rings. The van der Waals surface area contributed by atoms with Gasteiger partial charge in [-0.25, -0.2) is 4.98 Å². The molecule has 2 atom stereocenters. The highest BCUT2D eigenvalue weighted by Gasteiger charge is 2.38. The number of nitrogens with zero attached hydrogens (tertiary/aromatic N) is 4. The highest BCUT2D eigenvalue weighted by Crippen LogP contribution is 2.46. The van der Waals surface area contributed by atoms with Crippen molar-refractivity contribution in [1.29, 1.82) is 0 Å². The Morgan fingerprint density at radius 2 is 1.70 bits per heavy atom. The number of imidazole rings is 1. The van der Waals surface area contributed by atoms with Crippen LogP contribution in [0.1, 0.15) is 51.8 Å². The van der Waals surface area contributed by atoms with Crippen molar-refractivity contribution < 1.29 is 31.1 Å². The van der Waals surface area contributed by atoms with Crippen LogP contribution < -0.4 is 10.1 Å². The maximum atomic E-state index is 13.7. The Labute approximate surface area is 227 Å². The molecule has 1 saturated carbocycles. The molecule has 1 fully saturated rings. The predicted molar refractivity (Wildman–Crippen MR) is 139 cm³/mol. The van der Waals surface area contributed by atoms with E-state index in [2.05, 4.69) is 40.5 Å². The van der Waals surface area contributed by atoms with Gasteiger partial charge in [0, 0.05) is 30.5 Å². The van der Waals surface area contributed by atoms with E-state index in [1.165, 1.54) is 37.5 Å². The molecule has 1 aliphatic rings. The van der Waals surface area contributed by atoms with Crippen molar-refractivity contribution in [1.82, 2.24) is 19.3 Å². The monoisotopic (exact) mass is 565 g/mol. The van der Waals surface area contributed by atoms with Crippen molar-refractivity contribution >= 4 is 22.7 Å². The number of fused-ring (bicyclic) bond motifs is 1. The van der Waals surface area contributed by atoms with Crippen LogP contribution in [0.15, 0.2) is 48.7 Å². The average Bonchev–Trinajstić information content (AvgIpc) is 3.37. The fraction of sp³-hybridized carbons (Fsp3) is 0.429. The summed E-state index contributed by atoms with van der Waals surface area (Å²) in [5.41, 5.74) is 1.09. The maximum absolute atomic E-state index is 13.7. The molecule has 1 aliphatic carbocycles. The molecule has 2 aromatic carbocycles. The van der Waals surface area contributed by atoms with Gasteiger partial charge in [-0.2, -0.15) is 18.3 Å². The number of rotatable bonds is 5. The van der Waals surface area contributed by atoms with Gasteiger partial charge in [0.1, 0.15) is 5.75 Å². The van der Waals surface area contributed by atoms with E-state index < -0.39 is 18.2 Å². The number of halogens is 6. The molecule has 0 amide bonds. The minimum atomic E-state index is -4.80. The first-order valence-electron chi connectivity index (χ1n) is 12.8. The van der Waals surface area contributed by atoms with Crippen LogP contribution in [0.3, 0.4) is 0 Å². The lowest BCUT2D eigenvalue weighted by Crippen LogP contribution is -2.29. The summed E-state index contributed by atoms with van der Waals surface area (Å²) < 4.78 is 85.9. The zero-order valence-electron chi connectivity index (χ0n) is 22.4. The Kier molecular flexibility index (Phi) is 6.78. The first kappa shape index (κ1) is 27.9. The summed E-state index contributed by atoms with van der Waals surface area (Å²) in [4.78, 5) is 4.75. The third-order valence-electron chi connectivity index (χ3n) is 7.17. The topological polar surface area (TPSA) is 56.9 Å². The number of aromatic nitrogens is 4. The lowest BCUT2D eigenvalue weighted by Gasteiger charge is -2.40. The van der Waals surface area contributed by atoms with E-state index in [0.29, 0.717) is 28.6 Å². The van der Waals surface area contributed by atoms with E-state index in [1.54, 1.807) is 18.2 Å². The lowest BCUT2D eigenvalue weighted by molar-refractivity contribution is -0.274. The number of hydrogen-bond donors (Lipinski definition) is 1. The van der Waals surface area contributed by atoms with E-state index in [9.17, 15) is 26.3 Å². The Bertz CT molecular complexity index is 1520. The summed E-state index contributed by atoms with van der Waals surface area (Å²) in [6.07, 6.45) is -5.29. The van der Waals surface area contributed by atoms with Crippen LogP contribution in [0.25, 0.3) is 22.2 Å². The quantitative estimate of drug-likeness (QED) is 0.247. The van der Waals surface area contributed by atoms with Gasteiger partial charge in [0.2, 0.25) is 5.95 Å². The molecule has 214 valence electrons. The standard InChI is InChI=1S/C28H29F6N5O/c1-16-11-19(14-26(2,3)13-16)39-23-10-5-17(21-15-38(4)37-24(21)27(29,30)31)12-22(23)36-25(39)35-18-6-8-20(9-7-18)40-28(32,33)34/h5-10,12,15-16,19H,11,13-14H2,1-4H3,(H,35,36). The van der Waals surface area contributed by atoms with E-state index >= 15 is 0 Å². The molecule has 12 heteroatoms. The highest BCUT2D eigenvalue weighted by atomic mass is 19.4. The summed E-state index contributed by atoms with van der Waals surface area (Å²) in [6, 6.07) is 10.4. The van der Waals surface area contributed by atoms with E-state index in [4.69, 9.17) is 4.98 Å². The molecule has 0 bridgehead atoms.